The molecule has 0 aromatic heterocycles. The molecule has 2 N–H and O–H groups in total. The largest absolute Gasteiger partial charge is 0.480 e. The van der Waals surface area contributed by atoms with Gasteiger partial charge in [0.25, 0.3) is 0 Å². The second-order valence-corrected chi connectivity index (χ2v) is 4.79. The normalized spacial score (nSPS) is 11.9. The fourth-order valence-electron chi connectivity index (χ4n) is 1.19. The second-order valence-electron chi connectivity index (χ2n) is 3.66. The number of carbonyl (C=O) groups is 2. The number of nitrogens with one attached hydrogen (secondary N) is 1. The lowest BCUT2D eigenvalue weighted by molar-refractivity contribution is -0.141. The summed E-state index contributed by atoms with van der Waals surface area (Å²) in [5.74, 6) is -1.35. The van der Waals surface area contributed by atoms with Crippen molar-refractivity contribution in [2.24, 2.45) is 0 Å². The van der Waals surface area contributed by atoms with Crippen molar-refractivity contribution >= 4 is 23.6 Å². The molecule has 0 radical (unpaired) electrons. The van der Waals surface area contributed by atoms with Crippen molar-refractivity contribution < 1.29 is 19.1 Å². The quantitative estimate of drug-likeness (QED) is 0.775. The summed E-state index contributed by atoms with van der Waals surface area (Å²) in [7, 11) is 0. The van der Waals surface area contributed by atoms with E-state index in [1.165, 1.54) is 24.8 Å². The zero-order chi connectivity index (χ0) is 13.5. The summed E-state index contributed by atoms with van der Waals surface area (Å²) >= 11 is 1.23. The maximum absolute atomic E-state index is 13.2. The first kappa shape index (κ1) is 14.5. The van der Waals surface area contributed by atoms with Crippen molar-refractivity contribution in [1.29, 1.82) is 0 Å². The lowest BCUT2D eigenvalue weighted by atomic mass is 10.3. The Morgan fingerprint density at radius 3 is 2.72 bits per heavy atom. The van der Waals surface area contributed by atoms with E-state index in [2.05, 4.69) is 5.32 Å². The number of rotatable bonds is 6. The molecular formula is C12H14FNO3S. The Morgan fingerprint density at radius 2 is 2.11 bits per heavy atom. The maximum Gasteiger partial charge on any atom is 0.325 e. The number of amides is 1. The molecule has 0 fully saturated rings. The number of halogens is 1. The van der Waals surface area contributed by atoms with Crippen LogP contribution in [0.25, 0.3) is 0 Å². The maximum atomic E-state index is 13.2. The van der Waals surface area contributed by atoms with Gasteiger partial charge in [-0.05, 0) is 19.1 Å². The third-order valence-corrected chi connectivity index (χ3v) is 3.22. The van der Waals surface area contributed by atoms with E-state index in [4.69, 9.17) is 5.11 Å². The molecule has 98 valence electrons. The Hall–Kier alpha value is -1.56. The van der Waals surface area contributed by atoms with Crippen LogP contribution in [0.4, 0.5) is 4.39 Å². The van der Waals surface area contributed by atoms with Crippen LogP contribution in [-0.2, 0) is 9.59 Å². The summed E-state index contributed by atoms with van der Waals surface area (Å²) < 4.78 is 13.2. The van der Waals surface area contributed by atoms with E-state index >= 15 is 0 Å². The molecule has 1 rings (SSSR count). The molecular weight excluding hydrogens is 257 g/mol. The molecule has 6 heteroatoms. The van der Waals surface area contributed by atoms with Gasteiger partial charge in [-0.1, -0.05) is 12.1 Å². The molecule has 0 saturated carbocycles. The summed E-state index contributed by atoms with van der Waals surface area (Å²) in [5, 5.41) is 10.9. The van der Waals surface area contributed by atoms with Crippen molar-refractivity contribution in [3.8, 4) is 0 Å². The minimum Gasteiger partial charge on any atom is -0.480 e. The lowest BCUT2D eigenvalue weighted by Crippen LogP contribution is -2.38. The van der Waals surface area contributed by atoms with Crippen LogP contribution < -0.4 is 5.32 Å². The SMILES string of the molecule is C[C@@H](NC(=O)CCSc1ccccc1F)C(=O)O. The van der Waals surface area contributed by atoms with E-state index in [9.17, 15) is 14.0 Å². The van der Waals surface area contributed by atoms with Crippen LogP contribution in [0.3, 0.4) is 0 Å². The Morgan fingerprint density at radius 1 is 1.44 bits per heavy atom. The number of carboxylic acids is 1. The number of benzene rings is 1. The molecule has 0 aliphatic heterocycles. The van der Waals surface area contributed by atoms with Gasteiger partial charge in [-0.2, -0.15) is 0 Å². The summed E-state index contributed by atoms with van der Waals surface area (Å²) in [5.41, 5.74) is 0. The fraction of sp³-hybridized carbons (Fsp3) is 0.333. The van der Waals surface area contributed by atoms with E-state index < -0.39 is 12.0 Å². The zero-order valence-corrected chi connectivity index (χ0v) is 10.7. The Bertz CT molecular complexity index is 439. The van der Waals surface area contributed by atoms with Gasteiger partial charge in [-0.25, -0.2) is 4.39 Å². The van der Waals surface area contributed by atoms with Gasteiger partial charge in [0.15, 0.2) is 0 Å². The summed E-state index contributed by atoms with van der Waals surface area (Å²) in [6.45, 7) is 1.39. The highest BCUT2D eigenvalue weighted by atomic mass is 32.2. The molecule has 18 heavy (non-hydrogen) atoms. The molecule has 1 atom stereocenters. The van der Waals surface area contributed by atoms with Gasteiger partial charge in [0.2, 0.25) is 5.91 Å². The zero-order valence-electron chi connectivity index (χ0n) is 9.85. The minimum absolute atomic E-state index is 0.149. The molecule has 0 bridgehead atoms. The van der Waals surface area contributed by atoms with Crippen molar-refractivity contribution in [3.63, 3.8) is 0 Å². The first-order chi connectivity index (χ1) is 8.50. The van der Waals surface area contributed by atoms with Crippen LogP contribution in [0.5, 0.6) is 0 Å². The first-order valence-electron chi connectivity index (χ1n) is 5.40. The third-order valence-electron chi connectivity index (χ3n) is 2.17. The Kier molecular flexibility index (Phi) is 5.64. The van der Waals surface area contributed by atoms with E-state index in [0.717, 1.165) is 0 Å². The van der Waals surface area contributed by atoms with Crippen molar-refractivity contribution in [2.75, 3.05) is 5.75 Å². The van der Waals surface area contributed by atoms with Crippen LogP contribution in [0.1, 0.15) is 13.3 Å². The van der Waals surface area contributed by atoms with E-state index in [1.54, 1.807) is 18.2 Å². The van der Waals surface area contributed by atoms with Crippen molar-refractivity contribution in [1.82, 2.24) is 5.32 Å². The average molecular weight is 271 g/mol. The smallest absolute Gasteiger partial charge is 0.325 e. The van der Waals surface area contributed by atoms with Crippen LogP contribution >= 0.6 is 11.8 Å². The number of aliphatic carboxylic acids is 1. The summed E-state index contributed by atoms with van der Waals surface area (Å²) in [6, 6.07) is 5.40. The molecule has 1 amide bonds. The standard InChI is InChI=1S/C12H14FNO3S/c1-8(12(16)17)14-11(15)6-7-18-10-5-3-2-4-9(10)13/h2-5,8H,6-7H2,1H3,(H,14,15)(H,16,17)/t8-/m1/s1. The van der Waals surface area contributed by atoms with E-state index in [1.807, 2.05) is 0 Å². The van der Waals surface area contributed by atoms with Crippen LogP contribution in [0, 0.1) is 5.82 Å². The average Bonchev–Trinajstić information content (AvgIpc) is 2.31. The van der Waals surface area contributed by atoms with Gasteiger partial charge < -0.3 is 10.4 Å². The molecule has 1 aromatic carbocycles. The lowest BCUT2D eigenvalue weighted by Gasteiger charge is -2.08. The minimum atomic E-state index is -1.08. The molecule has 0 unspecified atom stereocenters. The first-order valence-corrected chi connectivity index (χ1v) is 6.38. The summed E-state index contributed by atoms with van der Waals surface area (Å²) in [4.78, 5) is 22.3. The molecule has 0 heterocycles. The van der Waals surface area contributed by atoms with E-state index in [0.29, 0.717) is 10.6 Å². The van der Waals surface area contributed by atoms with Crippen molar-refractivity contribution in [2.45, 2.75) is 24.3 Å². The van der Waals surface area contributed by atoms with Gasteiger partial charge in [-0.15, -0.1) is 11.8 Å². The van der Waals surface area contributed by atoms with Gasteiger partial charge in [0, 0.05) is 17.1 Å². The summed E-state index contributed by atoms with van der Waals surface area (Å²) in [6.07, 6.45) is 0.149. The number of thioether (sulfide) groups is 1. The van der Waals surface area contributed by atoms with Gasteiger partial charge in [0.05, 0.1) is 0 Å². The highest BCUT2D eigenvalue weighted by Gasteiger charge is 2.13. The number of carbonyl (C=O) groups excluding carboxylic acids is 1. The second kappa shape index (κ2) is 7.00. The Balaban J connectivity index is 2.32. The molecule has 0 aliphatic rings. The molecule has 0 saturated heterocycles. The highest BCUT2D eigenvalue weighted by Crippen LogP contribution is 2.21. The number of hydrogen-bond donors (Lipinski definition) is 2. The molecule has 0 spiro atoms. The molecule has 0 aliphatic carbocycles. The third kappa shape index (κ3) is 4.75. The molecule has 1 aromatic rings. The topological polar surface area (TPSA) is 66.4 Å². The highest BCUT2D eigenvalue weighted by molar-refractivity contribution is 7.99. The predicted octanol–water partition coefficient (Wildman–Crippen LogP) is 1.90. The van der Waals surface area contributed by atoms with Gasteiger partial charge >= 0.3 is 5.97 Å². The number of carboxylic acid groups (broad SMARTS) is 1. The van der Waals surface area contributed by atoms with Crippen LogP contribution in [0.2, 0.25) is 0 Å². The van der Waals surface area contributed by atoms with Crippen LogP contribution in [-0.4, -0.2) is 28.8 Å². The van der Waals surface area contributed by atoms with Crippen molar-refractivity contribution in [3.05, 3.63) is 30.1 Å². The van der Waals surface area contributed by atoms with Gasteiger partial charge in [-0.3, -0.25) is 9.59 Å². The predicted molar refractivity (Wildman–Crippen MR) is 67.0 cm³/mol. The van der Waals surface area contributed by atoms with E-state index in [-0.39, 0.29) is 18.1 Å². The monoisotopic (exact) mass is 271 g/mol. The van der Waals surface area contributed by atoms with Crippen LogP contribution in [0.15, 0.2) is 29.2 Å². The Labute approximate surface area is 109 Å². The van der Waals surface area contributed by atoms with Gasteiger partial charge in [0.1, 0.15) is 11.9 Å². The molecule has 4 nitrogen and oxygen atoms in total. The fourth-order valence-corrected chi connectivity index (χ4v) is 2.08. The number of hydrogen-bond acceptors (Lipinski definition) is 3.